The number of hydrogen-bond acceptors (Lipinski definition) is 4. The van der Waals surface area contributed by atoms with Crippen molar-refractivity contribution >= 4 is 17.6 Å². The van der Waals surface area contributed by atoms with E-state index in [2.05, 4.69) is 27.4 Å². The number of anilines is 1. The van der Waals surface area contributed by atoms with Gasteiger partial charge in [0.15, 0.2) is 0 Å². The van der Waals surface area contributed by atoms with Gasteiger partial charge < -0.3 is 5.32 Å². The maximum Gasteiger partial charge on any atom is 0.144 e. The Morgan fingerprint density at radius 2 is 1.94 bits per heavy atom. The van der Waals surface area contributed by atoms with Gasteiger partial charge in [-0.25, -0.2) is 4.98 Å². The summed E-state index contributed by atoms with van der Waals surface area (Å²) in [5.41, 5.74) is 0.993. The molecule has 1 heterocycles. The zero-order chi connectivity index (χ0) is 11.2. The molecule has 0 unspecified atom stereocenters. The Morgan fingerprint density at radius 1 is 1.12 bits per heavy atom. The average molecular weight is 231 g/mol. The van der Waals surface area contributed by atoms with Crippen LogP contribution in [0.5, 0.6) is 0 Å². The lowest BCUT2D eigenvalue weighted by molar-refractivity contribution is 1.10. The first-order valence-electron chi connectivity index (χ1n) is 5.05. The Balaban J connectivity index is 1.94. The smallest absolute Gasteiger partial charge is 0.144 e. The Bertz CT molecular complexity index is 428. The van der Waals surface area contributed by atoms with E-state index in [1.807, 2.05) is 31.4 Å². The molecule has 0 aliphatic carbocycles. The fourth-order valence-electron chi connectivity index (χ4n) is 1.23. The fraction of sp³-hybridized carbons (Fsp3) is 0.167. The minimum atomic E-state index is 0.800. The van der Waals surface area contributed by atoms with Crippen LogP contribution in [0.25, 0.3) is 0 Å². The van der Waals surface area contributed by atoms with Gasteiger partial charge in [-0.2, -0.15) is 0 Å². The summed E-state index contributed by atoms with van der Waals surface area (Å²) in [4.78, 5) is 9.79. The first kappa shape index (κ1) is 11.0. The first-order chi connectivity index (χ1) is 7.88. The third kappa shape index (κ3) is 2.97. The molecule has 0 radical (unpaired) electrons. The second-order valence-corrected chi connectivity index (χ2v) is 4.29. The Kier molecular flexibility index (Phi) is 3.77. The zero-order valence-corrected chi connectivity index (χ0v) is 9.87. The summed E-state index contributed by atoms with van der Waals surface area (Å²) in [5.74, 6) is 1.65. The van der Waals surface area contributed by atoms with Gasteiger partial charge in [-0.15, -0.1) is 11.8 Å². The predicted molar refractivity (Wildman–Crippen MR) is 67.6 cm³/mol. The Hall–Kier alpha value is -1.55. The number of nitrogens with one attached hydrogen (secondary N) is 1. The summed E-state index contributed by atoms with van der Waals surface area (Å²) in [6, 6.07) is 10.3. The molecular weight excluding hydrogens is 218 g/mol. The number of nitrogens with zero attached hydrogens (tertiary/aromatic N) is 2. The highest BCUT2D eigenvalue weighted by molar-refractivity contribution is 7.98. The van der Waals surface area contributed by atoms with Crippen molar-refractivity contribution in [2.24, 2.45) is 0 Å². The number of benzene rings is 1. The van der Waals surface area contributed by atoms with Crippen molar-refractivity contribution in [2.75, 3.05) is 12.4 Å². The Labute approximate surface area is 99.3 Å². The largest absolute Gasteiger partial charge is 0.372 e. The van der Waals surface area contributed by atoms with Crippen LogP contribution in [0.15, 0.2) is 47.6 Å². The van der Waals surface area contributed by atoms with Crippen molar-refractivity contribution in [3.8, 4) is 0 Å². The van der Waals surface area contributed by atoms with Gasteiger partial charge in [0.2, 0.25) is 0 Å². The molecule has 0 atom stereocenters. The molecule has 3 nitrogen and oxygen atoms in total. The minimum absolute atomic E-state index is 0.800. The highest BCUT2D eigenvalue weighted by Gasteiger charge is 1.98. The maximum atomic E-state index is 4.32. The molecule has 82 valence electrons. The van der Waals surface area contributed by atoms with E-state index in [4.69, 9.17) is 0 Å². The van der Waals surface area contributed by atoms with Crippen molar-refractivity contribution in [3.63, 3.8) is 0 Å². The molecule has 2 aromatic rings. The highest BCUT2D eigenvalue weighted by Crippen LogP contribution is 2.20. The van der Waals surface area contributed by atoms with Crippen LogP contribution in [0, 0.1) is 0 Å². The van der Waals surface area contributed by atoms with E-state index in [9.17, 15) is 0 Å². The van der Waals surface area contributed by atoms with Gasteiger partial charge in [0, 0.05) is 17.7 Å². The second kappa shape index (κ2) is 5.51. The molecule has 0 aliphatic heterocycles. The average Bonchev–Trinajstić information content (AvgIpc) is 2.38. The monoisotopic (exact) mass is 231 g/mol. The number of aromatic nitrogens is 2. The van der Waals surface area contributed by atoms with Crippen LogP contribution in [-0.4, -0.2) is 17.0 Å². The topological polar surface area (TPSA) is 37.8 Å². The van der Waals surface area contributed by atoms with Crippen LogP contribution in [0.3, 0.4) is 0 Å². The summed E-state index contributed by atoms with van der Waals surface area (Å²) in [6.07, 6.45) is 3.56. The lowest BCUT2D eigenvalue weighted by Gasteiger charge is -2.02. The van der Waals surface area contributed by atoms with E-state index in [1.165, 1.54) is 4.90 Å². The third-order valence-corrected chi connectivity index (χ3v) is 3.14. The van der Waals surface area contributed by atoms with Crippen LogP contribution in [-0.2, 0) is 5.75 Å². The van der Waals surface area contributed by atoms with Crippen molar-refractivity contribution < 1.29 is 0 Å². The first-order valence-corrected chi connectivity index (χ1v) is 6.03. The molecule has 4 heteroatoms. The van der Waals surface area contributed by atoms with Gasteiger partial charge in [0.1, 0.15) is 5.82 Å². The van der Waals surface area contributed by atoms with Gasteiger partial charge in [0.25, 0.3) is 0 Å². The van der Waals surface area contributed by atoms with Crippen LogP contribution >= 0.6 is 11.8 Å². The quantitative estimate of drug-likeness (QED) is 0.821. The normalized spacial score (nSPS) is 10.1. The van der Waals surface area contributed by atoms with E-state index >= 15 is 0 Å². The summed E-state index contributed by atoms with van der Waals surface area (Å²) in [7, 11) is 1.84. The summed E-state index contributed by atoms with van der Waals surface area (Å²) < 4.78 is 0. The van der Waals surface area contributed by atoms with Crippen molar-refractivity contribution in [3.05, 3.63) is 48.4 Å². The molecule has 0 bridgehead atoms. The van der Waals surface area contributed by atoms with Crippen LogP contribution in [0.1, 0.15) is 5.69 Å². The molecule has 0 spiro atoms. The second-order valence-electron chi connectivity index (χ2n) is 3.24. The van der Waals surface area contributed by atoms with E-state index in [1.54, 1.807) is 18.0 Å². The highest BCUT2D eigenvalue weighted by atomic mass is 32.2. The molecule has 1 N–H and O–H groups in total. The van der Waals surface area contributed by atoms with E-state index < -0.39 is 0 Å². The number of thioether (sulfide) groups is 1. The molecule has 0 amide bonds. The summed E-state index contributed by atoms with van der Waals surface area (Å²) >= 11 is 1.76. The molecule has 0 saturated carbocycles. The summed E-state index contributed by atoms with van der Waals surface area (Å²) in [5, 5.41) is 2.95. The van der Waals surface area contributed by atoms with Crippen LogP contribution in [0.2, 0.25) is 0 Å². The molecule has 1 aromatic heterocycles. The van der Waals surface area contributed by atoms with Crippen molar-refractivity contribution in [1.29, 1.82) is 0 Å². The summed E-state index contributed by atoms with van der Waals surface area (Å²) in [6.45, 7) is 0. The SMILES string of the molecule is CNc1cnc(CSc2ccccc2)cn1. The van der Waals surface area contributed by atoms with Crippen LogP contribution < -0.4 is 5.32 Å². The standard InChI is InChI=1S/C12H13N3S/c1-13-12-8-14-10(7-15-12)9-16-11-5-3-2-4-6-11/h2-8H,9H2,1H3,(H,13,15). The lowest BCUT2D eigenvalue weighted by atomic mass is 10.4. The molecule has 2 rings (SSSR count). The van der Waals surface area contributed by atoms with E-state index in [0.29, 0.717) is 0 Å². The van der Waals surface area contributed by atoms with E-state index in [0.717, 1.165) is 17.3 Å². The lowest BCUT2D eigenvalue weighted by Crippen LogP contribution is -1.95. The van der Waals surface area contributed by atoms with Crippen molar-refractivity contribution in [2.45, 2.75) is 10.6 Å². The third-order valence-electron chi connectivity index (χ3n) is 2.09. The molecular formula is C12H13N3S. The van der Waals surface area contributed by atoms with Gasteiger partial charge in [-0.1, -0.05) is 18.2 Å². The van der Waals surface area contributed by atoms with E-state index in [-0.39, 0.29) is 0 Å². The fourth-order valence-corrected chi connectivity index (χ4v) is 2.05. The van der Waals surface area contributed by atoms with Gasteiger partial charge in [-0.3, -0.25) is 4.98 Å². The molecule has 0 fully saturated rings. The molecule has 0 saturated heterocycles. The van der Waals surface area contributed by atoms with Gasteiger partial charge in [-0.05, 0) is 12.1 Å². The number of hydrogen-bond donors (Lipinski definition) is 1. The van der Waals surface area contributed by atoms with Crippen molar-refractivity contribution in [1.82, 2.24) is 9.97 Å². The minimum Gasteiger partial charge on any atom is -0.372 e. The Morgan fingerprint density at radius 3 is 2.56 bits per heavy atom. The molecule has 1 aromatic carbocycles. The number of rotatable bonds is 4. The predicted octanol–water partition coefficient (Wildman–Crippen LogP) is 2.81. The van der Waals surface area contributed by atoms with Gasteiger partial charge >= 0.3 is 0 Å². The van der Waals surface area contributed by atoms with Gasteiger partial charge in [0.05, 0.1) is 18.1 Å². The molecule has 0 aliphatic rings. The zero-order valence-electron chi connectivity index (χ0n) is 9.05. The maximum absolute atomic E-state index is 4.32. The molecule has 16 heavy (non-hydrogen) atoms. The van der Waals surface area contributed by atoms with Crippen LogP contribution in [0.4, 0.5) is 5.82 Å².